The lowest BCUT2D eigenvalue weighted by Gasteiger charge is -2.35. The quantitative estimate of drug-likeness (QED) is 0.790. The van der Waals surface area contributed by atoms with E-state index in [9.17, 15) is 4.79 Å². The van der Waals surface area contributed by atoms with Crippen LogP contribution in [-0.4, -0.2) is 24.5 Å². The molecule has 1 aliphatic heterocycles. The third-order valence-corrected chi connectivity index (χ3v) is 4.38. The molecule has 0 aromatic heterocycles. The van der Waals surface area contributed by atoms with E-state index in [1.807, 2.05) is 0 Å². The Kier molecular flexibility index (Phi) is 4.43. The fourth-order valence-electron chi connectivity index (χ4n) is 3.33. The largest absolute Gasteiger partial charge is 0.352 e. The molecule has 1 saturated carbocycles. The van der Waals surface area contributed by atoms with E-state index in [1.54, 1.807) is 0 Å². The lowest BCUT2D eigenvalue weighted by atomic mass is 9.78. The predicted octanol–water partition coefficient (Wildman–Crippen LogP) is 2.07. The minimum Gasteiger partial charge on any atom is -0.352 e. The first kappa shape index (κ1) is 12.9. The standard InChI is InChI=1S/C14H26N2O/c1-10(2)11-6-3-4-7-12(11)16-14(17)13-8-5-9-15-13/h10-13,15H,3-9H2,1-2H3,(H,16,17). The molecule has 1 heterocycles. The highest BCUT2D eigenvalue weighted by molar-refractivity contribution is 5.82. The van der Waals surface area contributed by atoms with Crippen molar-refractivity contribution in [2.24, 2.45) is 11.8 Å². The van der Waals surface area contributed by atoms with Gasteiger partial charge in [-0.3, -0.25) is 4.79 Å². The first-order valence-corrected chi connectivity index (χ1v) is 7.22. The summed E-state index contributed by atoms with van der Waals surface area (Å²) in [6, 6.07) is 0.489. The van der Waals surface area contributed by atoms with Crippen LogP contribution >= 0.6 is 0 Å². The molecule has 2 rings (SSSR count). The number of hydrogen-bond acceptors (Lipinski definition) is 2. The Morgan fingerprint density at radius 2 is 1.94 bits per heavy atom. The van der Waals surface area contributed by atoms with Gasteiger partial charge in [0, 0.05) is 6.04 Å². The molecular weight excluding hydrogens is 212 g/mol. The van der Waals surface area contributed by atoms with Gasteiger partial charge in [-0.05, 0) is 44.1 Å². The summed E-state index contributed by atoms with van der Waals surface area (Å²) < 4.78 is 0. The van der Waals surface area contributed by atoms with E-state index in [-0.39, 0.29) is 11.9 Å². The zero-order valence-electron chi connectivity index (χ0n) is 11.2. The molecule has 98 valence electrons. The molecule has 2 fully saturated rings. The van der Waals surface area contributed by atoms with Crippen LogP contribution in [0.15, 0.2) is 0 Å². The van der Waals surface area contributed by atoms with Crippen molar-refractivity contribution in [1.82, 2.24) is 10.6 Å². The Balaban J connectivity index is 1.88. The second-order valence-corrected chi connectivity index (χ2v) is 5.96. The molecule has 1 amide bonds. The molecule has 0 aromatic rings. The first-order chi connectivity index (χ1) is 8.18. The number of amides is 1. The molecule has 0 bridgehead atoms. The Labute approximate surface area is 105 Å². The Hall–Kier alpha value is -0.570. The zero-order valence-corrected chi connectivity index (χ0v) is 11.2. The van der Waals surface area contributed by atoms with Crippen LogP contribution < -0.4 is 10.6 Å². The van der Waals surface area contributed by atoms with Crippen LogP contribution in [0.1, 0.15) is 52.4 Å². The average molecular weight is 238 g/mol. The monoisotopic (exact) mass is 238 g/mol. The lowest BCUT2D eigenvalue weighted by molar-refractivity contribution is -0.124. The van der Waals surface area contributed by atoms with Crippen molar-refractivity contribution < 1.29 is 4.79 Å². The Bertz CT molecular complexity index is 259. The van der Waals surface area contributed by atoms with Crippen LogP contribution in [0, 0.1) is 11.8 Å². The van der Waals surface area contributed by atoms with Crippen molar-refractivity contribution in [3.63, 3.8) is 0 Å². The van der Waals surface area contributed by atoms with Gasteiger partial charge in [-0.1, -0.05) is 26.7 Å². The third-order valence-electron chi connectivity index (χ3n) is 4.38. The van der Waals surface area contributed by atoms with Gasteiger partial charge in [0.1, 0.15) is 0 Å². The first-order valence-electron chi connectivity index (χ1n) is 7.22. The second kappa shape index (κ2) is 5.85. The van der Waals surface area contributed by atoms with Gasteiger partial charge in [0.15, 0.2) is 0 Å². The van der Waals surface area contributed by atoms with Crippen LogP contribution in [-0.2, 0) is 4.79 Å². The molecule has 3 unspecified atom stereocenters. The second-order valence-electron chi connectivity index (χ2n) is 5.96. The summed E-state index contributed by atoms with van der Waals surface area (Å²) >= 11 is 0. The maximum atomic E-state index is 12.1. The summed E-state index contributed by atoms with van der Waals surface area (Å²) in [7, 11) is 0. The van der Waals surface area contributed by atoms with E-state index >= 15 is 0 Å². The number of nitrogens with one attached hydrogen (secondary N) is 2. The van der Waals surface area contributed by atoms with E-state index in [0.717, 1.165) is 19.4 Å². The van der Waals surface area contributed by atoms with Gasteiger partial charge in [0.05, 0.1) is 6.04 Å². The van der Waals surface area contributed by atoms with Crippen molar-refractivity contribution in [3.05, 3.63) is 0 Å². The minimum absolute atomic E-state index is 0.0738. The van der Waals surface area contributed by atoms with Gasteiger partial charge < -0.3 is 10.6 Å². The van der Waals surface area contributed by atoms with E-state index in [1.165, 1.54) is 25.7 Å². The zero-order chi connectivity index (χ0) is 12.3. The fourth-order valence-corrected chi connectivity index (χ4v) is 3.33. The SMILES string of the molecule is CC(C)C1CCCCC1NC(=O)C1CCCN1. The van der Waals surface area contributed by atoms with Crippen molar-refractivity contribution in [3.8, 4) is 0 Å². The minimum atomic E-state index is 0.0738. The fraction of sp³-hybridized carbons (Fsp3) is 0.929. The molecule has 17 heavy (non-hydrogen) atoms. The normalized spacial score (nSPS) is 33.9. The van der Waals surface area contributed by atoms with Crippen molar-refractivity contribution in [1.29, 1.82) is 0 Å². The molecular formula is C14H26N2O. The Morgan fingerprint density at radius 1 is 1.18 bits per heavy atom. The summed E-state index contributed by atoms with van der Waals surface area (Å²) in [6.45, 7) is 5.56. The van der Waals surface area contributed by atoms with Crippen molar-refractivity contribution in [2.45, 2.75) is 64.5 Å². The predicted molar refractivity (Wildman–Crippen MR) is 69.8 cm³/mol. The number of rotatable bonds is 3. The molecule has 0 aromatic carbocycles. The molecule has 0 radical (unpaired) electrons. The molecule has 3 heteroatoms. The van der Waals surface area contributed by atoms with Crippen molar-refractivity contribution in [2.75, 3.05) is 6.54 Å². The molecule has 1 saturated heterocycles. The van der Waals surface area contributed by atoms with Gasteiger partial charge >= 0.3 is 0 Å². The lowest BCUT2D eigenvalue weighted by Crippen LogP contribution is -2.49. The summed E-state index contributed by atoms with van der Waals surface area (Å²) in [5, 5.41) is 6.57. The van der Waals surface area contributed by atoms with E-state index in [2.05, 4.69) is 24.5 Å². The van der Waals surface area contributed by atoms with Gasteiger partial charge in [-0.15, -0.1) is 0 Å². The molecule has 0 spiro atoms. The molecule has 3 nitrogen and oxygen atoms in total. The maximum absolute atomic E-state index is 12.1. The third kappa shape index (κ3) is 3.21. The van der Waals surface area contributed by atoms with Gasteiger partial charge in [-0.25, -0.2) is 0 Å². The Morgan fingerprint density at radius 3 is 2.59 bits per heavy atom. The summed E-state index contributed by atoms with van der Waals surface area (Å²) in [5.74, 6) is 1.59. The van der Waals surface area contributed by atoms with E-state index in [0.29, 0.717) is 17.9 Å². The molecule has 1 aliphatic carbocycles. The molecule has 2 N–H and O–H groups in total. The van der Waals surface area contributed by atoms with E-state index < -0.39 is 0 Å². The van der Waals surface area contributed by atoms with Gasteiger partial charge in [-0.2, -0.15) is 0 Å². The summed E-state index contributed by atoms with van der Waals surface area (Å²) in [6.07, 6.45) is 7.19. The number of carbonyl (C=O) groups excluding carboxylic acids is 1. The highest BCUT2D eigenvalue weighted by atomic mass is 16.2. The maximum Gasteiger partial charge on any atom is 0.237 e. The van der Waals surface area contributed by atoms with E-state index in [4.69, 9.17) is 0 Å². The van der Waals surface area contributed by atoms with Gasteiger partial charge in [0.2, 0.25) is 5.91 Å². The highest BCUT2D eigenvalue weighted by Crippen LogP contribution is 2.30. The topological polar surface area (TPSA) is 41.1 Å². The van der Waals surface area contributed by atoms with Crippen LogP contribution in [0.2, 0.25) is 0 Å². The van der Waals surface area contributed by atoms with Gasteiger partial charge in [0.25, 0.3) is 0 Å². The molecule has 3 atom stereocenters. The van der Waals surface area contributed by atoms with Crippen LogP contribution in [0.5, 0.6) is 0 Å². The average Bonchev–Trinajstić information content (AvgIpc) is 2.83. The number of hydrogen-bond donors (Lipinski definition) is 2. The van der Waals surface area contributed by atoms with Crippen LogP contribution in [0.25, 0.3) is 0 Å². The number of carbonyl (C=O) groups is 1. The van der Waals surface area contributed by atoms with Crippen molar-refractivity contribution >= 4 is 5.91 Å². The van der Waals surface area contributed by atoms with Crippen LogP contribution in [0.3, 0.4) is 0 Å². The summed E-state index contributed by atoms with van der Waals surface area (Å²) in [4.78, 5) is 12.1. The van der Waals surface area contributed by atoms with Crippen LogP contribution in [0.4, 0.5) is 0 Å². The smallest absolute Gasteiger partial charge is 0.237 e. The highest BCUT2D eigenvalue weighted by Gasteiger charge is 2.31. The summed E-state index contributed by atoms with van der Waals surface area (Å²) in [5.41, 5.74) is 0. The molecule has 2 aliphatic rings.